The van der Waals surface area contributed by atoms with Crippen LogP contribution in [0.5, 0.6) is 17.2 Å². The van der Waals surface area contributed by atoms with E-state index in [1.54, 1.807) is 25.3 Å². The summed E-state index contributed by atoms with van der Waals surface area (Å²) in [6, 6.07) is 22.3. The minimum Gasteiger partial charge on any atom is -0.495 e. The molecular weight excluding hydrogens is 376 g/mol. The van der Waals surface area contributed by atoms with Gasteiger partial charge in [-0.1, -0.05) is 29.8 Å². The molecule has 0 aliphatic rings. The van der Waals surface area contributed by atoms with Crippen molar-refractivity contribution in [3.05, 3.63) is 77.8 Å². The van der Waals surface area contributed by atoms with Crippen LogP contribution in [-0.2, 0) is 4.79 Å². The van der Waals surface area contributed by atoms with Gasteiger partial charge in [-0.2, -0.15) is 0 Å². The SMILES string of the molecule is COc1ccc(NC(=O)CCNc2ccc(Oc3ccccc3)cc2)cc1Cl. The Hall–Kier alpha value is -3.18. The van der Waals surface area contributed by atoms with Crippen LogP contribution in [0.4, 0.5) is 11.4 Å². The normalized spacial score (nSPS) is 10.2. The average Bonchev–Trinajstić information content (AvgIpc) is 2.70. The van der Waals surface area contributed by atoms with Gasteiger partial charge >= 0.3 is 0 Å². The van der Waals surface area contributed by atoms with Gasteiger partial charge in [0, 0.05) is 24.3 Å². The van der Waals surface area contributed by atoms with Crippen molar-refractivity contribution in [1.29, 1.82) is 0 Å². The molecule has 28 heavy (non-hydrogen) atoms. The Bertz CT molecular complexity index is 915. The van der Waals surface area contributed by atoms with Crippen LogP contribution in [0.15, 0.2) is 72.8 Å². The van der Waals surface area contributed by atoms with Gasteiger partial charge in [-0.25, -0.2) is 0 Å². The first-order valence-corrected chi connectivity index (χ1v) is 9.22. The van der Waals surface area contributed by atoms with Crippen LogP contribution in [0.3, 0.4) is 0 Å². The summed E-state index contributed by atoms with van der Waals surface area (Å²) in [5, 5.41) is 6.49. The van der Waals surface area contributed by atoms with E-state index in [1.165, 1.54) is 0 Å². The Morgan fingerprint density at radius 2 is 1.61 bits per heavy atom. The monoisotopic (exact) mass is 396 g/mol. The third-order valence-electron chi connectivity index (χ3n) is 3.95. The van der Waals surface area contributed by atoms with Gasteiger partial charge in [0.15, 0.2) is 0 Å². The second kappa shape index (κ2) is 9.67. The fourth-order valence-electron chi connectivity index (χ4n) is 2.55. The molecule has 3 aromatic rings. The highest BCUT2D eigenvalue weighted by atomic mass is 35.5. The van der Waals surface area contributed by atoms with Crippen LogP contribution in [-0.4, -0.2) is 19.6 Å². The van der Waals surface area contributed by atoms with Crippen LogP contribution in [0.25, 0.3) is 0 Å². The fourth-order valence-corrected chi connectivity index (χ4v) is 2.81. The average molecular weight is 397 g/mol. The summed E-state index contributed by atoms with van der Waals surface area (Å²) in [5.74, 6) is 2.02. The van der Waals surface area contributed by atoms with Crippen molar-refractivity contribution in [3.63, 3.8) is 0 Å². The Balaban J connectivity index is 1.44. The zero-order chi connectivity index (χ0) is 19.8. The molecule has 0 aromatic heterocycles. The van der Waals surface area contributed by atoms with Crippen molar-refractivity contribution in [1.82, 2.24) is 0 Å². The Labute approximate surface area is 169 Å². The number of para-hydroxylation sites is 1. The molecule has 0 aliphatic heterocycles. The summed E-state index contributed by atoms with van der Waals surface area (Å²) in [5.41, 5.74) is 1.55. The van der Waals surface area contributed by atoms with E-state index in [-0.39, 0.29) is 5.91 Å². The second-order valence-corrected chi connectivity index (χ2v) is 6.42. The van der Waals surface area contributed by atoms with Crippen molar-refractivity contribution in [2.45, 2.75) is 6.42 Å². The second-order valence-electron chi connectivity index (χ2n) is 6.01. The molecule has 0 saturated heterocycles. The molecule has 0 radical (unpaired) electrons. The predicted octanol–water partition coefficient (Wildman–Crippen LogP) is 5.58. The van der Waals surface area contributed by atoms with Crippen molar-refractivity contribution in [2.24, 2.45) is 0 Å². The molecule has 0 bridgehead atoms. The molecule has 0 saturated carbocycles. The summed E-state index contributed by atoms with van der Waals surface area (Å²) >= 11 is 6.06. The van der Waals surface area contributed by atoms with Crippen LogP contribution in [0.2, 0.25) is 5.02 Å². The number of methoxy groups -OCH3 is 1. The number of carbonyl (C=O) groups excluding carboxylic acids is 1. The van der Waals surface area contributed by atoms with Crippen LogP contribution in [0, 0.1) is 0 Å². The summed E-state index contributed by atoms with van der Waals surface area (Å²) in [6.07, 6.45) is 0.325. The molecule has 6 heteroatoms. The van der Waals surface area contributed by atoms with Gasteiger partial charge in [0.2, 0.25) is 5.91 Å². The van der Waals surface area contributed by atoms with Gasteiger partial charge in [0.1, 0.15) is 17.2 Å². The summed E-state index contributed by atoms with van der Waals surface area (Å²) in [6.45, 7) is 0.509. The Kier molecular flexibility index (Phi) is 6.76. The lowest BCUT2D eigenvalue weighted by Crippen LogP contribution is -2.16. The van der Waals surface area contributed by atoms with Crippen molar-refractivity contribution in [2.75, 3.05) is 24.3 Å². The minimum atomic E-state index is -0.0993. The Morgan fingerprint density at radius 3 is 2.29 bits per heavy atom. The van der Waals surface area contributed by atoms with E-state index >= 15 is 0 Å². The lowest BCUT2D eigenvalue weighted by Gasteiger charge is -2.10. The summed E-state index contributed by atoms with van der Waals surface area (Å²) in [7, 11) is 1.55. The maximum absolute atomic E-state index is 12.1. The first-order chi connectivity index (χ1) is 13.6. The number of anilines is 2. The third kappa shape index (κ3) is 5.66. The number of ether oxygens (including phenoxy) is 2. The van der Waals surface area contributed by atoms with E-state index in [2.05, 4.69) is 10.6 Å². The largest absolute Gasteiger partial charge is 0.495 e. The number of hydrogen-bond donors (Lipinski definition) is 2. The number of nitrogens with one attached hydrogen (secondary N) is 2. The van der Waals surface area contributed by atoms with Crippen LogP contribution < -0.4 is 20.1 Å². The topological polar surface area (TPSA) is 59.6 Å². The molecule has 0 unspecified atom stereocenters. The van der Waals surface area contributed by atoms with E-state index in [9.17, 15) is 4.79 Å². The number of amides is 1. The smallest absolute Gasteiger partial charge is 0.226 e. The quantitative estimate of drug-likeness (QED) is 0.521. The third-order valence-corrected chi connectivity index (χ3v) is 4.25. The van der Waals surface area contributed by atoms with Gasteiger partial charge in [0.25, 0.3) is 0 Å². The van der Waals surface area contributed by atoms with Crippen molar-refractivity contribution >= 4 is 28.9 Å². The highest BCUT2D eigenvalue weighted by Crippen LogP contribution is 2.27. The lowest BCUT2D eigenvalue weighted by molar-refractivity contribution is -0.115. The van der Waals surface area contributed by atoms with Crippen molar-refractivity contribution < 1.29 is 14.3 Å². The predicted molar refractivity (Wildman–Crippen MR) is 113 cm³/mol. The van der Waals surface area contributed by atoms with Crippen molar-refractivity contribution in [3.8, 4) is 17.2 Å². The highest BCUT2D eigenvalue weighted by molar-refractivity contribution is 6.32. The van der Waals surface area contributed by atoms with Crippen LogP contribution >= 0.6 is 11.6 Å². The van der Waals surface area contributed by atoms with Crippen LogP contribution in [0.1, 0.15) is 6.42 Å². The molecule has 144 valence electrons. The van der Waals surface area contributed by atoms with E-state index < -0.39 is 0 Å². The number of hydrogen-bond acceptors (Lipinski definition) is 4. The van der Waals surface area contributed by atoms with E-state index in [0.29, 0.717) is 29.4 Å². The first-order valence-electron chi connectivity index (χ1n) is 8.84. The van der Waals surface area contributed by atoms with E-state index in [4.69, 9.17) is 21.1 Å². The Morgan fingerprint density at radius 1 is 0.929 bits per heavy atom. The summed E-state index contributed by atoms with van der Waals surface area (Å²) < 4.78 is 10.9. The molecule has 1 amide bonds. The molecule has 3 aromatic carbocycles. The van der Waals surface area contributed by atoms with E-state index in [1.807, 2.05) is 54.6 Å². The molecular formula is C22H21ClN2O3. The maximum atomic E-state index is 12.1. The minimum absolute atomic E-state index is 0.0993. The molecule has 0 fully saturated rings. The summed E-state index contributed by atoms with van der Waals surface area (Å²) in [4.78, 5) is 12.1. The number of rotatable bonds is 8. The zero-order valence-corrected chi connectivity index (χ0v) is 16.2. The number of benzene rings is 3. The van der Waals surface area contributed by atoms with Gasteiger partial charge in [0.05, 0.1) is 12.1 Å². The molecule has 0 aliphatic carbocycles. The van der Waals surface area contributed by atoms with Gasteiger partial charge in [-0.3, -0.25) is 4.79 Å². The maximum Gasteiger partial charge on any atom is 0.226 e. The zero-order valence-electron chi connectivity index (χ0n) is 15.4. The van der Waals surface area contributed by atoms with Gasteiger partial charge < -0.3 is 20.1 Å². The van der Waals surface area contributed by atoms with Gasteiger partial charge in [-0.15, -0.1) is 0 Å². The highest BCUT2D eigenvalue weighted by Gasteiger charge is 2.06. The number of halogens is 1. The molecule has 3 rings (SSSR count). The molecule has 0 atom stereocenters. The fraction of sp³-hybridized carbons (Fsp3) is 0.136. The standard InChI is InChI=1S/C22H21ClN2O3/c1-27-21-12-9-17(15-20(21)23)25-22(26)13-14-24-16-7-10-19(11-8-16)28-18-5-3-2-4-6-18/h2-12,15,24H,13-14H2,1H3,(H,25,26). The van der Waals surface area contributed by atoms with E-state index in [0.717, 1.165) is 17.2 Å². The molecule has 0 spiro atoms. The first kappa shape index (κ1) is 19.6. The lowest BCUT2D eigenvalue weighted by atomic mass is 10.2. The molecule has 2 N–H and O–H groups in total. The van der Waals surface area contributed by atoms with Gasteiger partial charge in [-0.05, 0) is 54.6 Å². The molecule has 0 heterocycles. The number of carbonyl (C=O) groups is 1. The molecule has 5 nitrogen and oxygen atoms in total.